The van der Waals surface area contributed by atoms with E-state index in [1.54, 1.807) is 29.3 Å². The number of hydrogen-bond acceptors (Lipinski definition) is 10. The van der Waals surface area contributed by atoms with Crippen molar-refractivity contribution < 1.29 is 28.9 Å². The predicted octanol–water partition coefficient (Wildman–Crippen LogP) is 0.312. The number of amides is 2. The number of rotatable bonds is 8. The number of nitrogen functional groups attached to an aromatic ring is 1. The highest BCUT2D eigenvalue weighted by atomic mass is 35.5. The van der Waals surface area contributed by atoms with Crippen molar-refractivity contribution in [1.29, 1.82) is 0 Å². The molecular weight excluding hydrogens is 516 g/mol. The Balaban J connectivity index is 0.00000342. The van der Waals surface area contributed by atoms with Crippen molar-refractivity contribution in [2.24, 2.45) is 5.16 Å². The average molecular weight is 537 g/mol. The molecular formula is C21H21ClN6O5S2. The second kappa shape index (κ2) is 10.9. The zero-order chi connectivity index (χ0) is 24.4. The van der Waals surface area contributed by atoms with E-state index >= 15 is 0 Å². The second-order valence-corrected chi connectivity index (χ2v) is 9.42. The smallest absolute Gasteiger partial charge is 0.322 e. The van der Waals surface area contributed by atoms with Crippen LogP contribution in [0.15, 0.2) is 65.1 Å². The lowest BCUT2D eigenvalue weighted by molar-refractivity contribution is -0.759. The molecule has 184 valence electrons. The van der Waals surface area contributed by atoms with Crippen LogP contribution >= 0.6 is 35.5 Å². The van der Waals surface area contributed by atoms with Crippen LogP contribution in [-0.4, -0.2) is 44.1 Å². The summed E-state index contributed by atoms with van der Waals surface area (Å²) in [6.07, 6.45) is 4.47. The molecule has 2 aromatic rings. The lowest BCUT2D eigenvalue weighted by Gasteiger charge is -2.47. The number of aromatic nitrogens is 2. The molecule has 0 radical (unpaired) electrons. The van der Waals surface area contributed by atoms with Crippen LogP contribution in [0.25, 0.3) is 0 Å². The average Bonchev–Trinajstić information content (AvgIpc) is 3.24. The van der Waals surface area contributed by atoms with Gasteiger partial charge in [-0.05, 0) is 0 Å². The summed E-state index contributed by atoms with van der Waals surface area (Å²) in [4.78, 5) is 47.8. The second-order valence-electron chi connectivity index (χ2n) is 7.25. The van der Waals surface area contributed by atoms with Gasteiger partial charge in [0.05, 0.1) is 23.5 Å². The summed E-state index contributed by atoms with van der Waals surface area (Å²) in [7, 11) is 0. The van der Waals surface area contributed by atoms with Gasteiger partial charge < -0.3 is 25.8 Å². The molecule has 2 aliphatic heterocycles. The number of nitrogens with zero attached hydrogens (tertiary/aromatic N) is 4. The number of carbonyl (C=O) groups excluding carboxylic acids is 3. The van der Waals surface area contributed by atoms with Crippen LogP contribution < -0.4 is 20.7 Å². The van der Waals surface area contributed by atoms with E-state index in [4.69, 9.17) is 10.6 Å². The van der Waals surface area contributed by atoms with Crippen LogP contribution in [0.2, 0.25) is 0 Å². The Bertz CT molecular complexity index is 1220. The van der Waals surface area contributed by atoms with Gasteiger partial charge in [-0.1, -0.05) is 23.9 Å². The fraction of sp³-hybridized carbons (Fsp3) is 0.238. The molecule has 0 bridgehead atoms. The van der Waals surface area contributed by atoms with E-state index in [0.717, 1.165) is 16.2 Å². The number of carbonyl (C=O) groups is 3. The molecule has 3 atom stereocenters. The van der Waals surface area contributed by atoms with Crippen LogP contribution in [0.4, 0.5) is 5.13 Å². The highest BCUT2D eigenvalue weighted by molar-refractivity contribution is 8.00. The van der Waals surface area contributed by atoms with Gasteiger partial charge in [-0.2, -0.15) is 4.57 Å². The Morgan fingerprint density at radius 2 is 2.14 bits per heavy atom. The van der Waals surface area contributed by atoms with Gasteiger partial charge in [-0.15, -0.1) is 35.5 Å². The lowest BCUT2D eigenvalue weighted by Crippen LogP contribution is -2.59. The lowest BCUT2D eigenvalue weighted by atomic mass is 10.1. The third kappa shape index (κ3) is 5.31. The summed E-state index contributed by atoms with van der Waals surface area (Å²) in [6, 6.07) is 5.50. The van der Waals surface area contributed by atoms with Crippen molar-refractivity contribution in [2.75, 3.05) is 5.73 Å². The maximum atomic E-state index is 13.3. The quantitative estimate of drug-likeness (QED) is 0.211. The third-order valence-electron chi connectivity index (χ3n) is 5.11. The number of aliphatic carboxylic acids is 1. The highest BCUT2D eigenvalue weighted by Gasteiger charge is 2.46. The highest BCUT2D eigenvalue weighted by Crippen LogP contribution is 2.43. The zero-order valence-electron chi connectivity index (χ0n) is 18.3. The number of nitrogens with two attached hydrogens (primary N) is 1. The molecule has 4 heterocycles. The molecule has 2 amide bonds. The van der Waals surface area contributed by atoms with E-state index in [1.807, 2.05) is 18.2 Å². The van der Waals surface area contributed by atoms with Crippen LogP contribution in [0.3, 0.4) is 0 Å². The minimum absolute atomic E-state index is 0. The number of thioether (sulfide) groups is 1. The van der Waals surface area contributed by atoms with Gasteiger partial charge in [0.15, 0.2) is 23.2 Å². The first-order valence-corrected chi connectivity index (χ1v) is 11.9. The van der Waals surface area contributed by atoms with Crippen molar-refractivity contribution in [3.63, 3.8) is 0 Å². The standard InChI is InChI=1S/C21H20N6O5S2.ClH/c1-3-12-17(20(30)31)27-14(28)9-15(27)34-19(12)24-18(29)16(13-10-33-21(22)23-13)25-32-11(2)26-7-5-4-6-8-26;/h3-8,10-11,15,19H,1,9H2,2H3,(H3-,22,23,24,29,30,31);1H/t11?,15-,19?;/m0./s1. The van der Waals surface area contributed by atoms with Gasteiger partial charge in [0.25, 0.3) is 5.91 Å². The molecule has 2 aromatic heterocycles. The van der Waals surface area contributed by atoms with E-state index in [1.165, 1.54) is 17.8 Å². The minimum Gasteiger partial charge on any atom is -0.543 e. The summed E-state index contributed by atoms with van der Waals surface area (Å²) in [5, 5.41) is 19.1. The minimum atomic E-state index is -1.52. The number of carboxylic acids is 1. The molecule has 2 unspecified atom stereocenters. The number of anilines is 1. The molecule has 0 spiro atoms. The van der Waals surface area contributed by atoms with Crippen molar-refractivity contribution >= 4 is 64.1 Å². The van der Waals surface area contributed by atoms with Crippen LogP contribution in [0.5, 0.6) is 0 Å². The molecule has 14 heteroatoms. The van der Waals surface area contributed by atoms with Crippen molar-refractivity contribution in [1.82, 2.24) is 15.2 Å². The maximum Gasteiger partial charge on any atom is 0.322 e. The molecule has 4 rings (SSSR count). The van der Waals surface area contributed by atoms with Crippen LogP contribution in [-0.2, 0) is 19.2 Å². The summed E-state index contributed by atoms with van der Waals surface area (Å²) in [6.45, 7) is 5.39. The number of nitrogens with one attached hydrogen (secondary N) is 1. The molecule has 2 aliphatic rings. The normalized spacial score (nSPS) is 20.2. The largest absolute Gasteiger partial charge is 0.543 e. The molecule has 11 nitrogen and oxygen atoms in total. The topological polar surface area (TPSA) is 154 Å². The SMILES string of the molecule is C=CC1=C(C(=O)[O-])N2C(=O)C[C@@H]2SC1NC(=O)C(=NOC(C)[n+]1ccccc1)c1csc(N)n1.Cl. The summed E-state index contributed by atoms with van der Waals surface area (Å²) in [5.74, 6) is -2.52. The molecule has 1 fully saturated rings. The number of carboxylic acid groups (broad SMARTS) is 1. The first-order chi connectivity index (χ1) is 16.3. The van der Waals surface area contributed by atoms with Gasteiger partial charge >= 0.3 is 6.23 Å². The van der Waals surface area contributed by atoms with E-state index in [9.17, 15) is 19.5 Å². The maximum absolute atomic E-state index is 13.3. The third-order valence-corrected chi connectivity index (χ3v) is 7.12. The summed E-state index contributed by atoms with van der Waals surface area (Å²) in [5.41, 5.74) is 5.65. The Morgan fingerprint density at radius 1 is 1.43 bits per heavy atom. The van der Waals surface area contributed by atoms with Crippen molar-refractivity contribution in [3.05, 3.63) is 65.6 Å². The molecule has 0 aromatic carbocycles. The van der Waals surface area contributed by atoms with Crippen LogP contribution in [0.1, 0.15) is 25.3 Å². The molecule has 35 heavy (non-hydrogen) atoms. The summed E-state index contributed by atoms with van der Waals surface area (Å²) < 4.78 is 1.75. The summed E-state index contributed by atoms with van der Waals surface area (Å²) >= 11 is 2.35. The molecule has 0 saturated carbocycles. The molecule has 1 saturated heterocycles. The monoisotopic (exact) mass is 536 g/mol. The van der Waals surface area contributed by atoms with E-state index < -0.39 is 28.9 Å². The van der Waals surface area contributed by atoms with Gasteiger partial charge in [0.1, 0.15) is 11.1 Å². The van der Waals surface area contributed by atoms with E-state index in [0.29, 0.717) is 0 Å². The van der Waals surface area contributed by atoms with Gasteiger partial charge in [-0.25, -0.2) is 4.98 Å². The number of fused-ring (bicyclic) bond motifs is 1. The molecule has 3 N–H and O–H groups in total. The Hall–Kier alpha value is -3.42. The van der Waals surface area contributed by atoms with Crippen molar-refractivity contribution in [3.8, 4) is 0 Å². The first-order valence-electron chi connectivity index (χ1n) is 10.1. The van der Waals surface area contributed by atoms with Crippen molar-refractivity contribution in [2.45, 2.75) is 30.3 Å². The van der Waals surface area contributed by atoms with Gasteiger partial charge in [0.2, 0.25) is 5.91 Å². The van der Waals surface area contributed by atoms with E-state index in [2.05, 4.69) is 22.0 Å². The fourth-order valence-corrected chi connectivity index (χ4v) is 5.39. The zero-order valence-corrected chi connectivity index (χ0v) is 20.8. The number of halogens is 1. The Kier molecular flexibility index (Phi) is 8.14. The number of β-lactam (4-membered cyclic amide) rings is 1. The fourth-order valence-electron chi connectivity index (χ4n) is 3.42. The number of thiazole rings is 1. The van der Waals surface area contributed by atoms with Gasteiger partial charge in [-0.3, -0.25) is 14.5 Å². The predicted molar refractivity (Wildman–Crippen MR) is 130 cm³/mol. The Labute approximate surface area is 214 Å². The Morgan fingerprint density at radius 3 is 2.71 bits per heavy atom. The number of oxime groups is 1. The molecule has 0 aliphatic carbocycles. The van der Waals surface area contributed by atoms with E-state index in [-0.39, 0.29) is 52.5 Å². The first kappa shape index (κ1) is 26.2. The van der Waals surface area contributed by atoms with Gasteiger partial charge in [0, 0.05) is 30.0 Å². The van der Waals surface area contributed by atoms with Crippen LogP contribution in [0, 0.1) is 0 Å². The number of pyridine rings is 1. The number of hydrogen-bond donors (Lipinski definition) is 2.